The fourth-order valence-electron chi connectivity index (χ4n) is 3.03. The first-order chi connectivity index (χ1) is 15.4. The number of fused-ring (bicyclic) bond motifs is 1. The van der Waals surface area contributed by atoms with Crippen LogP contribution in [0.15, 0.2) is 76.5 Å². The van der Waals surface area contributed by atoms with Gasteiger partial charge in [0, 0.05) is 35.6 Å². The average molecular weight is 512 g/mol. The Labute approximate surface area is 192 Å². The van der Waals surface area contributed by atoms with Crippen LogP contribution in [0.1, 0.15) is 11.1 Å². The first kappa shape index (κ1) is 21.7. The number of halogens is 2. The third kappa shape index (κ3) is 4.42. The Hall–Kier alpha value is -3.48. The fraction of sp³-hybridized carbons (Fsp3) is 0.0435. The minimum absolute atomic E-state index is 0.00184. The van der Waals surface area contributed by atoms with E-state index < -0.39 is 15.8 Å². The van der Waals surface area contributed by atoms with Crippen molar-refractivity contribution in [2.75, 3.05) is 11.8 Å². The molecular formula is C23H15BrFN3O3S. The van der Waals surface area contributed by atoms with Gasteiger partial charge < -0.3 is 4.74 Å². The zero-order valence-electron chi connectivity index (χ0n) is 16.6. The monoisotopic (exact) mass is 511 g/mol. The molecule has 2 aromatic carbocycles. The van der Waals surface area contributed by atoms with Gasteiger partial charge in [-0.15, -0.1) is 0 Å². The number of anilines is 1. The second-order valence-electron chi connectivity index (χ2n) is 6.57. The van der Waals surface area contributed by atoms with Gasteiger partial charge in [0.1, 0.15) is 16.5 Å². The van der Waals surface area contributed by atoms with Gasteiger partial charge in [-0.3, -0.25) is 14.7 Å². The van der Waals surface area contributed by atoms with Gasteiger partial charge in [-0.1, -0.05) is 11.8 Å². The molecule has 2 heterocycles. The summed E-state index contributed by atoms with van der Waals surface area (Å²) < 4.78 is 48.7. The summed E-state index contributed by atoms with van der Waals surface area (Å²) in [5, 5.41) is 0.538. The number of sulfonamides is 1. The lowest BCUT2D eigenvalue weighted by molar-refractivity contribution is 0.419. The second kappa shape index (κ2) is 8.94. The summed E-state index contributed by atoms with van der Waals surface area (Å²) in [6, 6.07) is 12.3. The predicted octanol–water partition coefficient (Wildman–Crippen LogP) is 4.74. The van der Waals surface area contributed by atoms with Crippen molar-refractivity contribution in [3.8, 4) is 17.6 Å². The molecule has 0 aliphatic heterocycles. The van der Waals surface area contributed by atoms with Crippen LogP contribution in [0.5, 0.6) is 5.75 Å². The van der Waals surface area contributed by atoms with E-state index in [1.165, 1.54) is 25.4 Å². The SMILES string of the molecule is COc1ccc(S(=O)(=O)Nc2cc(F)c(Br)cc2C#Cc2cccnc2)c2ncccc12. The molecule has 1 N–H and O–H groups in total. The minimum atomic E-state index is -4.13. The topological polar surface area (TPSA) is 81.2 Å². The highest BCUT2D eigenvalue weighted by Crippen LogP contribution is 2.32. The van der Waals surface area contributed by atoms with E-state index in [1.807, 2.05) is 0 Å². The van der Waals surface area contributed by atoms with Crippen molar-refractivity contribution in [3.63, 3.8) is 0 Å². The first-order valence-corrected chi connectivity index (χ1v) is 11.5. The predicted molar refractivity (Wildman–Crippen MR) is 123 cm³/mol. The van der Waals surface area contributed by atoms with Crippen LogP contribution in [0.25, 0.3) is 10.9 Å². The Morgan fingerprint density at radius 1 is 1.09 bits per heavy atom. The highest BCUT2D eigenvalue weighted by atomic mass is 79.9. The summed E-state index contributed by atoms with van der Waals surface area (Å²) in [4.78, 5) is 8.14. The zero-order chi connectivity index (χ0) is 22.7. The zero-order valence-corrected chi connectivity index (χ0v) is 19.0. The summed E-state index contributed by atoms with van der Waals surface area (Å²) in [5.74, 6) is 5.64. The second-order valence-corrected chi connectivity index (χ2v) is 9.08. The number of nitrogens with zero attached hydrogens (tertiary/aromatic N) is 2. The van der Waals surface area contributed by atoms with Crippen molar-refractivity contribution in [1.82, 2.24) is 9.97 Å². The van der Waals surface area contributed by atoms with Crippen LogP contribution in [-0.2, 0) is 10.0 Å². The highest BCUT2D eigenvalue weighted by molar-refractivity contribution is 9.10. The average Bonchev–Trinajstić information content (AvgIpc) is 2.80. The molecule has 9 heteroatoms. The van der Waals surface area contributed by atoms with Crippen LogP contribution in [0, 0.1) is 17.7 Å². The van der Waals surface area contributed by atoms with E-state index in [1.54, 1.807) is 42.7 Å². The molecule has 0 spiro atoms. The lowest BCUT2D eigenvalue weighted by atomic mass is 10.1. The Kier molecular flexibility index (Phi) is 6.08. The van der Waals surface area contributed by atoms with E-state index in [9.17, 15) is 12.8 Å². The minimum Gasteiger partial charge on any atom is -0.496 e. The van der Waals surface area contributed by atoms with Crippen LogP contribution < -0.4 is 9.46 Å². The number of methoxy groups -OCH3 is 1. The van der Waals surface area contributed by atoms with Crippen molar-refractivity contribution in [2.45, 2.75) is 4.90 Å². The smallest absolute Gasteiger partial charge is 0.264 e. The Bertz CT molecular complexity index is 1480. The molecule has 0 amide bonds. The third-order valence-corrected chi connectivity index (χ3v) is 6.51. The standard InChI is InChI=1S/C23H15BrFN3O3S/c1-31-21-8-9-22(23-17(21)5-3-11-27-23)32(29,30)28-20-13-19(25)18(24)12-16(20)7-6-15-4-2-10-26-14-15/h2-5,8-14,28H,1H3. The van der Waals surface area contributed by atoms with Gasteiger partial charge in [0.05, 0.1) is 28.4 Å². The molecule has 4 rings (SSSR count). The third-order valence-electron chi connectivity index (χ3n) is 4.51. The van der Waals surface area contributed by atoms with E-state index in [2.05, 4.69) is 42.5 Å². The first-order valence-electron chi connectivity index (χ1n) is 9.24. The number of aromatic nitrogens is 2. The number of nitrogens with one attached hydrogen (secondary N) is 1. The number of benzene rings is 2. The lowest BCUT2D eigenvalue weighted by Crippen LogP contribution is -2.15. The number of rotatable bonds is 4. The molecule has 0 atom stereocenters. The van der Waals surface area contributed by atoms with Crippen molar-refractivity contribution < 1.29 is 17.5 Å². The van der Waals surface area contributed by atoms with Crippen LogP contribution in [0.2, 0.25) is 0 Å². The van der Waals surface area contributed by atoms with Crippen LogP contribution in [0.4, 0.5) is 10.1 Å². The molecule has 0 aliphatic carbocycles. The Balaban J connectivity index is 1.80. The summed E-state index contributed by atoms with van der Waals surface area (Å²) in [6.45, 7) is 0. The molecule has 0 unspecified atom stereocenters. The maximum atomic E-state index is 14.3. The van der Waals surface area contributed by atoms with Crippen molar-refractivity contribution in [2.24, 2.45) is 0 Å². The molecule has 0 bridgehead atoms. The van der Waals surface area contributed by atoms with Crippen LogP contribution >= 0.6 is 15.9 Å². The van der Waals surface area contributed by atoms with E-state index in [0.29, 0.717) is 16.7 Å². The van der Waals surface area contributed by atoms with E-state index in [-0.39, 0.29) is 26.1 Å². The van der Waals surface area contributed by atoms with E-state index >= 15 is 0 Å². The van der Waals surface area contributed by atoms with Gasteiger partial charge >= 0.3 is 0 Å². The summed E-state index contributed by atoms with van der Waals surface area (Å²) in [6.07, 6.45) is 4.68. The Morgan fingerprint density at radius 3 is 2.66 bits per heavy atom. The summed E-state index contributed by atoms with van der Waals surface area (Å²) in [7, 11) is -2.64. The van der Waals surface area contributed by atoms with E-state index in [0.717, 1.165) is 6.07 Å². The summed E-state index contributed by atoms with van der Waals surface area (Å²) >= 11 is 3.12. The largest absolute Gasteiger partial charge is 0.496 e. The fourth-order valence-corrected chi connectivity index (χ4v) is 4.60. The molecule has 4 aromatic rings. The maximum absolute atomic E-state index is 14.3. The number of ether oxygens (including phenoxy) is 1. The van der Waals surface area contributed by atoms with Crippen molar-refractivity contribution in [1.29, 1.82) is 0 Å². The molecule has 32 heavy (non-hydrogen) atoms. The number of hydrogen-bond acceptors (Lipinski definition) is 5. The quantitative estimate of drug-likeness (QED) is 0.400. The number of pyridine rings is 2. The molecule has 0 radical (unpaired) electrons. The van der Waals surface area contributed by atoms with Gasteiger partial charge in [0.15, 0.2) is 0 Å². The van der Waals surface area contributed by atoms with Gasteiger partial charge in [-0.25, -0.2) is 12.8 Å². The van der Waals surface area contributed by atoms with Gasteiger partial charge in [-0.2, -0.15) is 0 Å². The van der Waals surface area contributed by atoms with Crippen molar-refractivity contribution >= 4 is 42.5 Å². The number of hydrogen-bond donors (Lipinski definition) is 1. The van der Waals surface area contributed by atoms with Gasteiger partial charge in [0.25, 0.3) is 10.0 Å². The molecule has 2 aromatic heterocycles. The van der Waals surface area contributed by atoms with Crippen LogP contribution in [0.3, 0.4) is 0 Å². The molecule has 0 aliphatic rings. The molecule has 0 saturated carbocycles. The summed E-state index contributed by atoms with van der Waals surface area (Å²) in [5.41, 5.74) is 1.16. The molecule has 0 fully saturated rings. The molecule has 160 valence electrons. The van der Waals surface area contributed by atoms with Gasteiger partial charge in [0.2, 0.25) is 0 Å². The molecule has 6 nitrogen and oxygen atoms in total. The van der Waals surface area contributed by atoms with Gasteiger partial charge in [-0.05, 0) is 58.4 Å². The normalized spacial score (nSPS) is 11.0. The van der Waals surface area contributed by atoms with Crippen LogP contribution in [-0.4, -0.2) is 25.5 Å². The highest BCUT2D eigenvalue weighted by Gasteiger charge is 2.22. The maximum Gasteiger partial charge on any atom is 0.264 e. The van der Waals surface area contributed by atoms with Crippen molar-refractivity contribution in [3.05, 3.63) is 88.5 Å². The Morgan fingerprint density at radius 2 is 1.91 bits per heavy atom. The molecule has 0 saturated heterocycles. The molecular weight excluding hydrogens is 497 g/mol. The lowest BCUT2D eigenvalue weighted by Gasteiger charge is -2.13. The van der Waals surface area contributed by atoms with E-state index in [4.69, 9.17) is 4.74 Å².